The molecule has 4 nitrogen and oxygen atoms in total. The quantitative estimate of drug-likeness (QED) is 0.592. The Balaban J connectivity index is 1.78. The van der Waals surface area contributed by atoms with Gasteiger partial charge in [0.25, 0.3) is 0 Å². The van der Waals surface area contributed by atoms with Gasteiger partial charge in [0, 0.05) is 36.7 Å². The number of unbranched alkanes of at least 4 members (excludes halogenated alkanes) is 2. The van der Waals surface area contributed by atoms with Gasteiger partial charge in [-0.25, -0.2) is 0 Å². The fourth-order valence-electron chi connectivity index (χ4n) is 2.42. The molecule has 2 aromatic carbocycles. The molecule has 0 heterocycles. The van der Waals surface area contributed by atoms with E-state index < -0.39 is 0 Å². The third-order valence-electron chi connectivity index (χ3n) is 3.73. The molecular weight excluding hydrogens is 324 g/mol. The van der Waals surface area contributed by atoms with Crippen LogP contribution in [0.1, 0.15) is 43.7 Å². The first kappa shape index (κ1) is 19.3. The molecule has 0 saturated heterocycles. The molecule has 0 aliphatic rings. The summed E-state index contributed by atoms with van der Waals surface area (Å²) in [6.45, 7) is 2.17. The number of carbonyl (C=O) groups is 2. The van der Waals surface area contributed by atoms with Crippen molar-refractivity contribution in [2.75, 3.05) is 11.9 Å². The maximum Gasteiger partial charge on any atom is 0.224 e. The predicted molar refractivity (Wildman–Crippen MR) is 105 cm³/mol. The number of carbonyl (C=O) groups excluding carboxylic acids is 2. The van der Waals surface area contributed by atoms with E-state index in [0.29, 0.717) is 13.0 Å². The smallest absolute Gasteiger partial charge is 0.224 e. The van der Waals surface area contributed by atoms with Gasteiger partial charge in [-0.1, -0.05) is 42.5 Å². The third-order valence-corrected chi connectivity index (χ3v) is 3.73. The second kappa shape index (κ2) is 10.7. The highest BCUT2D eigenvalue weighted by Gasteiger charge is 2.03. The maximum atomic E-state index is 12.0. The zero-order chi connectivity index (χ0) is 18.6. The molecular formula is C22H24N2O2. The van der Waals surface area contributed by atoms with Crippen molar-refractivity contribution in [2.24, 2.45) is 0 Å². The van der Waals surface area contributed by atoms with Crippen molar-refractivity contribution in [3.63, 3.8) is 0 Å². The summed E-state index contributed by atoms with van der Waals surface area (Å²) in [7, 11) is 0. The molecule has 0 aliphatic carbocycles. The standard InChI is InChI=1S/C22H24N2O2/c1-18(25)23-16-7-3-6-13-22(26)24-21-12-8-11-20(17-21)15-14-19-9-4-2-5-10-19/h2,4-5,8-12,17H,3,6-7,13,16H2,1H3,(H,23,25)(H,24,26). The lowest BCUT2D eigenvalue weighted by Gasteiger charge is -2.06. The Morgan fingerprint density at radius 3 is 2.38 bits per heavy atom. The van der Waals surface area contributed by atoms with Crippen LogP contribution in [0.15, 0.2) is 54.6 Å². The van der Waals surface area contributed by atoms with Gasteiger partial charge >= 0.3 is 0 Å². The van der Waals surface area contributed by atoms with Crippen molar-refractivity contribution in [2.45, 2.75) is 32.6 Å². The van der Waals surface area contributed by atoms with Crippen molar-refractivity contribution in [1.29, 1.82) is 0 Å². The second-order valence-corrected chi connectivity index (χ2v) is 6.04. The number of amides is 2. The first-order chi connectivity index (χ1) is 12.6. The van der Waals surface area contributed by atoms with Crippen LogP contribution >= 0.6 is 0 Å². The fourth-order valence-corrected chi connectivity index (χ4v) is 2.42. The summed E-state index contributed by atoms with van der Waals surface area (Å²) in [5.74, 6) is 6.21. The van der Waals surface area contributed by atoms with Crippen molar-refractivity contribution < 1.29 is 9.59 Å². The van der Waals surface area contributed by atoms with Gasteiger partial charge in [0.05, 0.1) is 0 Å². The molecule has 2 amide bonds. The summed E-state index contributed by atoms with van der Waals surface area (Å²) in [5.41, 5.74) is 2.58. The SMILES string of the molecule is CC(=O)NCCCCCC(=O)Nc1cccc(C#Cc2ccccc2)c1. The summed E-state index contributed by atoms with van der Waals surface area (Å²) in [4.78, 5) is 22.8. The fraction of sp³-hybridized carbons (Fsp3) is 0.273. The molecule has 26 heavy (non-hydrogen) atoms. The molecule has 0 fully saturated rings. The molecule has 0 atom stereocenters. The Labute approximate surface area is 155 Å². The summed E-state index contributed by atoms with van der Waals surface area (Å²) in [5, 5.41) is 5.66. The van der Waals surface area contributed by atoms with Gasteiger partial charge < -0.3 is 10.6 Å². The molecule has 0 unspecified atom stereocenters. The van der Waals surface area contributed by atoms with E-state index in [1.165, 1.54) is 6.92 Å². The van der Waals surface area contributed by atoms with E-state index in [4.69, 9.17) is 0 Å². The molecule has 0 radical (unpaired) electrons. The van der Waals surface area contributed by atoms with Crippen molar-refractivity contribution in [1.82, 2.24) is 5.32 Å². The van der Waals surface area contributed by atoms with E-state index >= 15 is 0 Å². The Hall–Kier alpha value is -3.06. The number of hydrogen-bond donors (Lipinski definition) is 2. The number of anilines is 1. The Bertz CT molecular complexity index is 789. The second-order valence-electron chi connectivity index (χ2n) is 6.04. The van der Waals surface area contributed by atoms with Crippen LogP contribution in [0.4, 0.5) is 5.69 Å². The molecule has 0 spiro atoms. The number of rotatable bonds is 7. The zero-order valence-corrected chi connectivity index (χ0v) is 15.0. The minimum Gasteiger partial charge on any atom is -0.356 e. The van der Waals surface area contributed by atoms with Crippen LogP contribution in [0.2, 0.25) is 0 Å². The monoisotopic (exact) mass is 348 g/mol. The lowest BCUT2D eigenvalue weighted by Crippen LogP contribution is -2.20. The summed E-state index contributed by atoms with van der Waals surface area (Å²) in [6.07, 6.45) is 3.08. The number of benzene rings is 2. The van der Waals surface area contributed by atoms with Crippen molar-refractivity contribution in [3.8, 4) is 11.8 Å². The molecule has 0 bridgehead atoms. The van der Waals surface area contributed by atoms with Crippen LogP contribution in [-0.4, -0.2) is 18.4 Å². The minimum absolute atomic E-state index is 0.00213. The molecule has 0 saturated carbocycles. The van der Waals surface area contributed by atoms with E-state index in [2.05, 4.69) is 22.5 Å². The van der Waals surface area contributed by atoms with Crippen LogP contribution in [0, 0.1) is 11.8 Å². The van der Waals surface area contributed by atoms with E-state index in [1.807, 2.05) is 54.6 Å². The zero-order valence-electron chi connectivity index (χ0n) is 15.0. The molecule has 2 N–H and O–H groups in total. The van der Waals surface area contributed by atoms with E-state index in [9.17, 15) is 9.59 Å². The van der Waals surface area contributed by atoms with Crippen LogP contribution in [0.3, 0.4) is 0 Å². The van der Waals surface area contributed by atoms with Crippen LogP contribution < -0.4 is 10.6 Å². The highest BCUT2D eigenvalue weighted by Crippen LogP contribution is 2.11. The Morgan fingerprint density at radius 1 is 0.885 bits per heavy atom. The normalized spacial score (nSPS) is 9.73. The van der Waals surface area contributed by atoms with E-state index in [1.54, 1.807) is 0 Å². The first-order valence-corrected chi connectivity index (χ1v) is 8.85. The maximum absolute atomic E-state index is 12.0. The third kappa shape index (κ3) is 7.67. The Morgan fingerprint density at radius 2 is 1.62 bits per heavy atom. The van der Waals surface area contributed by atoms with Crippen LogP contribution in [-0.2, 0) is 9.59 Å². The lowest BCUT2D eigenvalue weighted by molar-refractivity contribution is -0.119. The minimum atomic E-state index is -0.0158. The highest BCUT2D eigenvalue weighted by molar-refractivity contribution is 5.90. The lowest BCUT2D eigenvalue weighted by atomic mass is 10.1. The summed E-state index contributed by atoms with van der Waals surface area (Å²) < 4.78 is 0. The van der Waals surface area contributed by atoms with Crippen molar-refractivity contribution >= 4 is 17.5 Å². The first-order valence-electron chi connectivity index (χ1n) is 8.85. The van der Waals surface area contributed by atoms with Gasteiger partial charge in [-0.2, -0.15) is 0 Å². The highest BCUT2D eigenvalue weighted by atomic mass is 16.2. The number of hydrogen-bond acceptors (Lipinski definition) is 2. The van der Waals surface area contributed by atoms with Gasteiger partial charge in [0.1, 0.15) is 0 Å². The summed E-state index contributed by atoms with van der Waals surface area (Å²) in [6, 6.07) is 17.3. The van der Waals surface area contributed by atoms with Gasteiger partial charge in [0.15, 0.2) is 0 Å². The van der Waals surface area contributed by atoms with Gasteiger partial charge in [0.2, 0.25) is 11.8 Å². The molecule has 4 heteroatoms. The largest absolute Gasteiger partial charge is 0.356 e. The topological polar surface area (TPSA) is 58.2 Å². The van der Waals surface area contributed by atoms with E-state index in [-0.39, 0.29) is 11.8 Å². The van der Waals surface area contributed by atoms with Gasteiger partial charge in [-0.05, 0) is 43.2 Å². The van der Waals surface area contributed by atoms with Crippen LogP contribution in [0.5, 0.6) is 0 Å². The number of nitrogens with one attached hydrogen (secondary N) is 2. The van der Waals surface area contributed by atoms with E-state index in [0.717, 1.165) is 36.1 Å². The Kier molecular flexibility index (Phi) is 7.95. The molecule has 2 rings (SSSR count). The predicted octanol–water partition coefficient (Wildman–Crippen LogP) is 3.72. The summed E-state index contributed by atoms with van der Waals surface area (Å²) >= 11 is 0. The van der Waals surface area contributed by atoms with Crippen molar-refractivity contribution in [3.05, 3.63) is 65.7 Å². The average Bonchev–Trinajstić information content (AvgIpc) is 2.64. The van der Waals surface area contributed by atoms with Gasteiger partial charge in [-0.3, -0.25) is 9.59 Å². The molecule has 2 aromatic rings. The molecule has 0 aromatic heterocycles. The van der Waals surface area contributed by atoms with Gasteiger partial charge in [-0.15, -0.1) is 0 Å². The molecule has 134 valence electrons. The average molecular weight is 348 g/mol. The van der Waals surface area contributed by atoms with Crippen LogP contribution in [0.25, 0.3) is 0 Å². The molecule has 0 aliphatic heterocycles.